The van der Waals surface area contributed by atoms with Gasteiger partial charge in [0.25, 0.3) is 5.91 Å². The van der Waals surface area contributed by atoms with Crippen LogP contribution in [0.4, 0.5) is 9.52 Å². The summed E-state index contributed by atoms with van der Waals surface area (Å²) < 4.78 is 16.9. The number of amides is 1. The molecule has 1 atom stereocenters. The summed E-state index contributed by atoms with van der Waals surface area (Å²) >= 11 is 4.98. The number of thiazole rings is 1. The third-order valence-electron chi connectivity index (χ3n) is 4.15. The van der Waals surface area contributed by atoms with E-state index < -0.39 is 11.6 Å². The predicted octanol–water partition coefficient (Wildman–Crippen LogP) is 3.26. The second-order valence-electron chi connectivity index (χ2n) is 5.99. The van der Waals surface area contributed by atoms with Crippen molar-refractivity contribution >= 4 is 48.5 Å². The topological polar surface area (TPSA) is 45.2 Å². The molecule has 1 N–H and O–H groups in total. The van der Waals surface area contributed by atoms with Crippen LogP contribution >= 0.6 is 27.3 Å². The molecule has 2 heterocycles. The number of benzene rings is 1. The summed E-state index contributed by atoms with van der Waals surface area (Å²) in [5.74, 6) is -0.457. The van der Waals surface area contributed by atoms with Crippen LogP contribution in [0.5, 0.6) is 0 Å². The summed E-state index contributed by atoms with van der Waals surface area (Å²) in [7, 11) is 0. The van der Waals surface area contributed by atoms with Gasteiger partial charge in [-0.25, -0.2) is 9.37 Å². The molecule has 2 aliphatic rings. The fourth-order valence-corrected chi connectivity index (χ4v) is 4.23. The Hall–Kier alpha value is -1.21. The number of carbonyl (C=O) groups excluding carboxylic acids is 1. The molecule has 1 saturated carbocycles. The molecule has 0 radical (unpaired) electrons. The van der Waals surface area contributed by atoms with E-state index in [1.165, 1.54) is 11.3 Å². The molecule has 1 aliphatic heterocycles. The molecular weight excluding hydrogens is 369 g/mol. The van der Waals surface area contributed by atoms with Gasteiger partial charge in [-0.05, 0) is 31.0 Å². The molecule has 116 valence electrons. The lowest BCUT2D eigenvalue weighted by Gasteiger charge is -2.19. The number of hydrogen-bond donors (Lipinski definition) is 1. The molecule has 1 saturated heterocycles. The van der Waals surface area contributed by atoms with Crippen molar-refractivity contribution in [2.24, 2.45) is 0 Å². The third-order valence-corrected chi connectivity index (χ3v) is 5.72. The van der Waals surface area contributed by atoms with Crippen LogP contribution in [0.25, 0.3) is 10.2 Å². The molecular formula is C15H15BrFN3OS. The van der Waals surface area contributed by atoms with Gasteiger partial charge in [-0.1, -0.05) is 27.3 Å². The summed E-state index contributed by atoms with van der Waals surface area (Å²) in [5, 5.41) is 3.56. The lowest BCUT2D eigenvalue weighted by atomic mass is 10.1. The van der Waals surface area contributed by atoms with Gasteiger partial charge in [0.2, 0.25) is 5.67 Å². The SMILES string of the molecule is O=C(NC1CC1)C1(F)CCN(c2nc3ccc(Br)cc3s2)C1. The van der Waals surface area contributed by atoms with E-state index in [1.807, 2.05) is 23.1 Å². The molecule has 1 amide bonds. The van der Waals surface area contributed by atoms with Crippen LogP contribution in [0.1, 0.15) is 19.3 Å². The Morgan fingerprint density at radius 1 is 1.50 bits per heavy atom. The first-order valence-corrected chi connectivity index (χ1v) is 8.95. The summed E-state index contributed by atoms with van der Waals surface area (Å²) in [6.45, 7) is 0.613. The van der Waals surface area contributed by atoms with Crippen LogP contribution in [0.3, 0.4) is 0 Å². The number of aromatic nitrogens is 1. The van der Waals surface area contributed by atoms with Crippen LogP contribution in [0.15, 0.2) is 22.7 Å². The molecule has 4 rings (SSSR count). The Labute approximate surface area is 139 Å². The zero-order chi connectivity index (χ0) is 15.3. The van der Waals surface area contributed by atoms with Gasteiger partial charge in [-0.3, -0.25) is 4.79 Å². The maximum atomic E-state index is 14.9. The van der Waals surface area contributed by atoms with Crippen molar-refractivity contribution in [3.05, 3.63) is 22.7 Å². The van der Waals surface area contributed by atoms with Crippen molar-refractivity contribution in [1.29, 1.82) is 0 Å². The first kappa shape index (κ1) is 14.4. The minimum atomic E-state index is -1.79. The highest BCUT2D eigenvalue weighted by molar-refractivity contribution is 9.10. The van der Waals surface area contributed by atoms with Crippen molar-refractivity contribution in [2.45, 2.75) is 31.0 Å². The normalized spacial score (nSPS) is 24.9. The van der Waals surface area contributed by atoms with E-state index in [0.29, 0.717) is 6.54 Å². The number of nitrogens with zero attached hydrogens (tertiary/aromatic N) is 2. The van der Waals surface area contributed by atoms with Crippen molar-refractivity contribution < 1.29 is 9.18 Å². The van der Waals surface area contributed by atoms with Crippen molar-refractivity contribution in [3.8, 4) is 0 Å². The molecule has 7 heteroatoms. The van der Waals surface area contributed by atoms with Crippen LogP contribution in [0, 0.1) is 0 Å². The van der Waals surface area contributed by atoms with Gasteiger partial charge in [-0.2, -0.15) is 0 Å². The van der Waals surface area contributed by atoms with Crippen molar-refractivity contribution in [3.63, 3.8) is 0 Å². The smallest absolute Gasteiger partial charge is 0.259 e. The summed E-state index contributed by atoms with van der Waals surface area (Å²) in [5.41, 5.74) is -0.886. The molecule has 0 spiro atoms. The monoisotopic (exact) mass is 383 g/mol. The molecule has 1 unspecified atom stereocenters. The Morgan fingerprint density at radius 2 is 2.32 bits per heavy atom. The number of rotatable bonds is 3. The zero-order valence-electron chi connectivity index (χ0n) is 11.8. The minimum Gasteiger partial charge on any atom is -0.351 e. The Bertz CT molecular complexity index is 747. The first-order chi connectivity index (χ1) is 10.5. The standard InChI is InChI=1S/C15H15BrFN3OS/c16-9-1-4-11-12(7-9)22-14(19-11)20-6-5-15(17,8-20)13(21)18-10-2-3-10/h1,4,7,10H,2-3,5-6,8H2,(H,18,21). The van der Waals surface area contributed by atoms with E-state index in [-0.39, 0.29) is 19.0 Å². The van der Waals surface area contributed by atoms with Crippen LogP contribution in [-0.4, -0.2) is 35.7 Å². The van der Waals surface area contributed by atoms with Gasteiger partial charge in [0, 0.05) is 23.5 Å². The second-order valence-corrected chi connectivity index (χ2v) is 7.92. The highest BCUT2D eigenvalue weighted by Crippen LogP contribution is 2.36. The lowest BCUT2D eigenvalue weighted by Crippen LogP contribution is -2.46. The number of nitrogens with one attached hydrogen (secondary N) is 1. The fourth-order valence-electron chi connectivity index (χ4n) is 2.69. The Morgan fingerprint density at radius 3 is 3.09 bits per heavy atom. The summed E-state index contributed by atoms with van der Waals surface area (Å²) in [6, 6.07) is 6.08. The van der Waals surface area contributed by atoms with Gasteiger partial charge in [0.1, 0.15) is 0 Å². The molecule has 0 bridgehead atoms. The molecule has 4 nitrogen and oxygen atoms in total. The fraction of sp³-hybridized carbons (Fsp3) is 0.467. The number of halogens is 2. The second kappa shape index (κ2) is 5.16. The molecule has 22 heavy (non-hydrogen) atoms. The molecule has 1 aromatic heterocycles. The van der Waals surface area contributed by atoms with Crippen LogP contribution in [0.2, 0.25) is 0 Å². The van der Waals surface area contributed by atoms with Crippen molar-refractivity contribution in [2.75, 3.05) is 18.0 Å². The lowest BCUT2D eigenvalue weighted by molar-refractivity contribution is -0.131. The van der Waals surface area contributed by atoms with Crippen LogP contribution < -0.4 is 10.2 Å². The number of alkyl halides is 1. The third kappa shape index (κ3) is 2.60. The maximum absolute atomic E-state index is 14.9. The van der Waals surface area contributed by atoms with Gasteiger partial charge in [-0.15, -0.1) is 0 Å². The minimum absolute atomic E-state index is 0.0898. The molecule has 1 aliphatic carbocycles. The molecule has 2 aromatic rings. The van der Waals surface area contributed by atoms with E-state index in [1.54, 1.807) is 0 Å². The summed E-state index contributed by atoms with van der Waals surface area (Å²) in [4.78, 5) is 18.5. The molecule has 2 fully saturated rings. The predicted molar refractivity (Wildman–Crippen MR) is 89.2 cm³/mol. The van der Waals surface area contributed by atoms with Crippen LogP contribution in [-0.2, 0) is 4.79 Å². The van der Waals surface area contributed by atoms with Gasteiger partial charge < -0.3 is 10.2 Å². The van der Waals surface area contributed by atoms with E-state index in [2.05, 4.69) is 26.2 Å². The Kier molecular flexibility index (Phi) is 3.38. The quantitative estimate of drug-likeness (QED) is 0.884. The average Bonchev–Trinajstić information content (AvgIpc) is 3.05. The maximum Gasteiger partial charge on any atom is 0.259 e. The molecule has 1 aromatic carbocycles. The zero-order valence-corrected chi connectivity index (χ0v) is 14.2. The van der Waals surface area contributed by atoms with E-state index in [0.717, 1.165) is 32.7 Å². The van der Waals surface area contributed by atoms with E-state index in [9.17, 15) is 9.18 Å². The first-order valence-electron chi connectivity index (χ1n) is 7.34. The average molecular weight is 384 g/mol. The van der Waals surface area contributed by atoms with Gasteiger partial charge >= 0.3 is 0 Å². The van der Waals surface area contributed by atoms with Gasteiger partial charge in [0.15, 0.2) is 5.13 Å². The van der Waals surface area contributed by atoms with Crippen molar-refractivity contribution in [1.82, 2.24) is 10.3 Å². The van der Waals surface area contributed by atoms with E-state index >= 15 is 0 Å². The number of hydrogen-bond acceptors (Lipinski definition) is 4. The number of anilines is 1. The number of carbonyl (C=O) groups is 1. The van der Waals surface area contributed by atoms with Gasteiger partial charge in [0.05, 0.1) is 16.8 Å². The largest absolute Gasteiger partial charge is 0.351 e. The Balaban J connectivity index is 1.54. The highest BCUT2D eigenvalue weighted by Gasteiger charge is 2.47. The summed E-state index contributed by atoms with van der Waals surface area (Å²) in [6.07, 6.45) is 2.17. The number of fused-ring (bicyclic) bond motifs is 1. The van der Waals surface area contributed by atoms with E-state index in [4.69, 9.17) is 0 Å². The highest BCUT2D eigenvalue weighted by atomic mass is 79.9.